The van der Waals surface area contributed by atoms with Crippen LogP contribution in [0.2, 0.25) is 0 Å². The minimum atomic E-state index is -0.326. The largest absolute Gasteiger partial charge is 0.332 e. The Kier molecular flexibility index (Phi) is 3.87. The molecule has 0 heterocycles. The molecule has 0 radical (unpaired) electrons. The van der Waals surface area contributed by atoms with Crippen molar-refractivity contribution in [1.29, 1.82) is 0 Å². The topological polar surface area (TPSA) is 26.0 Å². The lowest BCUT2D eigenvalue weighted by molar-refractivity contribution is 1.38. The summed E-state index contributed by atoms with van der Waals surface area (Å²) in [5.74, 6) is 0. The molecule has 0 fully saturated rings. The van der Waals surface area contributed by atoms with Crippen molar-refractivity contribution < 1.29 is 0 Å². The standard InChI is InChI=1S/CH6ClNSi/c2-4-1-3/h1,3-4H2. The van der Waals surface area contributed by atoms with Gasteiger partial charge >= 0.3 is 0 Å². The van der Waals surface area contributed by atoms with Crippen LogP contribution in [-0.2, 0) is 0 Å². The summed E-state index contributed by atoms with van der Waals surface area (Å²) >= 11 is 5.20. The first kappa shape index (κ1) is 4.47. The highest BCUT2D eigenvalue weighted by atomic mass is 35.6. The van der Waals surface area contributed by atoms with Crippen molar-refractivity contribution in [3.05, 3.63) is 0 Å². The van der Waals surface area contributed by atoms with Crippen LogP contribution in [0.15, 0.2) is 0 Å². The summed E-state index contributed by atoms with van der Waals surface area (Å²) in [6, 6.07) is 0. The highest BCUT2D eigenvalue weighted by Gasteiger charge is 1.61. The van der Waals surface area contributed by atoms with Crippen LogP contribution in [0.4, 0.5) is 0 Å². The summed E-state index contributed by atoms with van der Waals surface area (Å²) in [6.07, 6.45) is 0.724. The van der Waals surface area contributed by atoms with E-state index in [2.05, 4.69) is 0 Å². The molecule has 4 heavy (non-hydrogen) atoms. The molecule has 0 atom stereocenters. The van der Waals surface area contributed by atoms with Crippen molar-refractivity contribution in [3.63, 3.8) is 0 Å². The molecule has 0 spiro atoms. The summed E-state index contributed by atoms with van der Waals surface area (Å²) in [5.41, 5.74) is 4.96. The van der Waals surface area contributed by atoms with E-state index in [0.29, 0.717) is 0 Å². The van der Waals surface area contributed by atoms with Gasteiger partial charge in [-0.05, 0) is 6.17 Å². The van der Waals surface area contributed by atoms with Crippen LogP contribution in [0.5, 0.6) is 0 Å². The van der Waals surface area contributed by atoms with Gasteiger partial charge in [-0.1, -0.05) is 0 Å². The van der Waals surface area contributed by atoms with Crippen LogP contribution in [0.3, 0.4) is 0 Å². The molecule has 0 aromatic rings. The average molecular weight is 95.6 g/mol. The highest BCUT2D eigenvalue weighted by molar-refractivity contribution is 6.93. The molecule has 26 valence electrons. The van der Waals surface area contributed by atoms with Gasteiger partial charge in [-0.2, -0.15) is 11.1 Å². The number of halogens is 1. The molecule has 0 unspecified atom stereocenters. The van der Waals surface area contributed by atoms with Gasteiger partial charge < -0.3 is 5.73 Å². The Bertz CT molecular complexity index is 10.0. The van der Waals surface area contributed by atoms with Crippen molar-refractivity contribution >= 4 is 19.9 Å². The number of hydrogen-bond donors (Lipinski definition) is 1. The van der Waals surface area contributed by atoms with Gasteiger partial charge in [0.2, 0.25) is 0 Å². The second kappa shape index (κ2) is 3.47. The van der Waals surface area contributed by atoms with Crippen LogP contribution in [0, 0.1) is 0 Å². The summed E-state index contributed by atoms with van der Waals surface area (Å²) in [4.78, 5) is 0. The molecule has 0 aliphatic rings. The van der Waals surface area contributed by atoms with E-state index in [1.807, 2.05) is 0 Å². The lowest BCUT2D eigenvalue weighted by atomic mass is 11.5. The zero-order chi connectivity index (χ0) is 3.41. The smallest absolute Gasteiger partial charge is 0.138 e. The minimum absolute atomic E-state index is 0.326. The summed E-state index contributed by atoms with van der Waals surface area (Å²) in [7, 11) is -0.326. The third kappa shape index (κ3) is 2.47. The monoisotopic (exact) mass is 95.0 g/mol. The summed E-state index contributed by atoms with van der Waals surface area (Å²) in [6.45, 7) is 0. The molecule has 1 nitrogen and oxygen atoms in total. The van der Waals surface area contributed by atoms with Gasteiger partial charge in [-0.3, -0.25) is 0 Å². The van der Waals surface area contributed by atoms with E-state index in [-0.39, 0.29) is 8.83 Å². The third-order valence-corrected chi connectivity index (χ3v) is 0.982. The highest BCUT2D eigenvalue weighted by Crippen LogP contribution is 1.54. The van der Waals surface area contributed by atoms with Gasteiger partial charge in [0.15, 0.2) is 0 Å². The second-order valence-electron chi connectivity index (χ2n) is 0.478. The van der Waals surface area contributed by atoms with E-state index in [1.165, 1.54) is 0 Å². The van der Waals surface area contributed by atoms with Crippen molar-refractivity contribution in [2.24, 2.45) is 5.73 Å². The first-order valence-corrected chi connectivity index (χ1v) is 4.31. The first-order valence-electron chi connectivity index (χ1n) is 1.18. The maximum Gasteiger partial charge on any atom is 0.138 e. The van der Waals surface area contributed by atoms with E-state index in [4.69, 9.17) is 16.8 Å². The van der Waals surface area contributed by atoms with Crippen LogP contribution in [0.25, 0.3) is 0 Å². The molecule has 0 aromatic carbocycles. The molecule has 0 aliphatic carbocycles. The SMILES string of the molecule is NC[SiH2]Cl. The maximum atomic E-state index is 5.20. The van der Waals surface area contributed by atoms with Crippen LogP contribution < -0.4 is 5.73 Å². The van der Waals surface area contributed by atoms with Gasteiger partial charge in [0.25, 0.3) is 0 Å². The fourth-order valence-electron chi connectivity index (χ4n) is 0. The Labute approximate surface area is 32.7 Å². The predicted octanol–water partition coefficient (Wildman–Crippen LogP) is -0.775. The van der Waals surface area contributed by atoms with E-state index < -0.39 is 0 Å². The molecule has 0 aliphatic heterocycles. The quantitative estimate of drug-likeness (QED) is 0.336. The lowest BCUT2D eigenvalue weighted by Crippen LogP contribution is -2.01. The van der Waals surface area contributed by atoms with Crippen LogP contribution in [0.1, 0.15) is 0 Å². The van der Waals surface area contributed by atoms with Crippen molar-refractivity contribution in [1.82, 2.24) is 0 Å². The zero-order valence-corrected chi connectivity index (χ0v) is 4.54. The van der Waals surface area contributed by atoms with Gasteiger partial charge in [0.05, 0.1) is 0 Å². The second-order valence-corrected chi connectivity index (χ2v) is 2.57. The molecule has 0 saturated heterocycles. The Morgan fingerprint density at radius 3 is 2.25 bits per heavy atom. The van der Waals surface area contributed by atoms with Crippen molar-refractivity contribution in [2.75, 3.05) is 6.17 Å². The van der Waals surface area contributed by atoms with Crippen LogP contribution >= 0.6 is 11.1 Å². The molecular weight excluding hydrogens is 89.6 g/mol. The summed E-state index contributed by atoms with van der Waals surface area (Å²) in [5, 5.41) is 0. The van der Waals surface area contributed by atoms with Gasteiger partial charge in [0, 0.05) is 0 Å². The molecule has 3 heteroatoms. The van der Waals surface area contributed by atoms with Crippen LogP contribution in [-0.4, -0.2) is 15.0 Å². The van der Waals surface area contributed by atoms with Gasteiger partial charge in [-0.25, -0.2) is 0 Å². The Morgan fingerprint density at radius 2 is 2.25 bits per heavy atom. The molecule has 0 saturated carbocycles. The van der Waals surface area contributed by atoms with E-state index in [0.717, 1.165) is 6.17 Å². The number of hydrogen-bond acceptors (Lipinski definition) is 1. The maximum absolute atomic E-state index is 5.20. The minimum Gasteiger partial charge on any atom is -0.332 e. The molecule has 2 N–H and O–H groups in total. The zero-order valence-electron chi connectivity index (χ0n) is 2.37. The molecule has 0 bridgehead atoms. The van der Waals surface area contributed by atoms with E-state index in [1.54, 1.807) is 0 Å². The van der Waals surface area contributed by atoms with Crippen molar-refractivity contribution in [3.8, 4) is 0 Å². The fraction of sp³-hybridized carbons (Fsp3) is 1.00. The first-order chi connectivity index (χ1) is 1.91. The molecule has 0 aromatic heterocycles. The Balaban J connectivity index is 1.97. The molecule has 0 amide bonds. The predicted molar refractivity (Wildman–Crippen MR) is 23.5 cm³/mol. The normalized spacial score (nSPS) is 10.5. The number of nitrogens with two attached hydrogens (primary N) is 1. The molecule has 0 rings (SSSR count). The molecular formula is CH6ClNSi. The average Bonchev–Trinajstić information content (AvgIpc) is 1.37. The third-order valence-electron chi connectivity index (χ3n) is 0.109. The van der Waals surface area contributed by atoms with E-state index in [9.17, 15) is 0 Å². The van der Waals surface area contributed by atoms with Gasteiger partial charge in [0.1, 0.15) is 8.83 Å². The van der Waals surface area contributed by atoms with E-state index >= 15 is 0 Å². The fourth-order valence-corrected chi connectivity index (χ4v) is 0. The Hall–Kier alpha value is 0.467. The number of rotatable bonds is 1. The Morgan fingerprint density at radius 1 is 2.00 bits per heavy atom. The summed E-state index contributed by atoms with van der Waals surface area (Å²) < 4.78 is 0. The van der Waals surface area contributed by atoms with Gasteiger partial charge in [-0.15, -0.1) is 0 Å². The lowest BCUT2D eigenvalue weighted by Gasteiger charge is -1.65. The van der Waals surface area contributed by atoms with Crippen molar-refractivity contribution in [2.45, 2.75) is 0 Å².